The maximum Gasteiger partial charge on any atom is 0.310 e. The lowest BCUT2D eigenvalue weighted by Gasteiger charge is -2.06. The number of nitrogens with zero attached hydrogens (tertiary/aromatic N) is 2. The summed E-state index contributed by atoms with van der Waals surface area (Å²) < 4.78 is 70.6. The molecule has 2 aromatic carbocycles. The maximum absolute atomic E-state index is 13.4. The molecule has 0 fully saturated rings. The van der Waals surface area contributed by atoms with Gasteiger partial charge in [0, 0.05) is 6.07 Å². The fourth-order valence-corrected chi connectivity index (χ4v) is 1.81. The zero-order chi connectivity index (χ0) is 20.1. The average molecular weight is 389 g/mol. The molecule has 0 heterocycles. The Hall–Kier alpha value is -3.57. The third-order valence-electron chi connectivity index (χ3n) is 3.05. The second kappa shape index (κ2) is 8.21. The number of amides is 1. The first-order chi connectivity index (χ1) is 12.7. The predicted molar refractivity (Wildman–Crippen MR) is 80.6 cm³/mol. The summed E-state index contributed by atoms with van der Waals surface area (Å²) in [6.07, 6.45) is 0.221. The summed E-state index contributed by atoms with van der Waals surface area (Å²) in [5.74, 6) is -12.1. The number of carbonyl (C=O) groups is 1. The lowest BCUT2D eigenvalue weighted by atomic mass is 10.2. The Balaban J connectivity index is 2.04. The second-order valence-electron chi connectivity index (χ2n) is 4.79. The molecule has 142 valence electrons. The first kappa shape index (κ1) is 19.8. The molecule has 0 atom stereocenters. The van der Waals surface area contributed by atoms with Crippen molar-refractivity contribution in [1.82, 2.24) is 5.43 Å². The van der Waals surface area contributed by atoms with Gasteiger partial charge < -0.3 is 4.74 Å². The van der Waals surface area contributed by atoms with E-state index in [4.69, 9.17) is 4.74 Å². The number of benzene rings is 2. The summed E-state index contributed by atoms with van der Waals surface area (Å²) in [5, 5.41) is 13.9. The van der Waals surface area contributed by atoms with Crippen LogP contribution < -0.4 is 10.2 Å². The predicted octanol–water partition coefficient (Wildman–Crippen LogP) is 2.82. The Bertz CT molecular complexity index is 907. The minimum Gasteiger partial charge on any atom is -0.477 e. The zero-order valence-corrected chi connectivity index (χ0v) is 13.0. The monoisotopic (exact) mass is 389 g/mol. The number of hydrogen-bond donors (Lipinski definition) is 1. The molecule has 0 radical (unpaired) electrons. The summed E-state index contributed by atoms with van der Waals surface area (Å²) in [6, 6.07) is 5.15. The number of halogens is 5. The van der Waals surface area contributed by atoms with Crippen LogP contribution in [0.25, 0.3) is 0 Å². The molecular formula is C15H8F5N3O4. The number of nitro groups is 1. The van der Waals surface area contributed by atoms with Crippen molar-refractivity contribution < 1.29 is 36.4 Å². The molecule has 0 saturated carbocycles. The molecule has 0 saturated heterocycles. The van der Waals surface area contributed by atoms with Gasteiger partial charge in [-0.05, 0) is 6.07 Å². The van der Waals surface area contributed by atoms with Gasteiger partial charge in [-0.2, -0.15) is 5.10 Å². The number of rotatable bonds is 6. The third-order valence-corrected chi connectivity index (χ3v) is 3.05. The van der Waals surface area contributed by atoms with Crippen LogP contribution in [0.4, 0.5) is 27.6 Å². The Morgan fingerprint density at radius 2 is 1.63 bits per heavy atom. The first-order valence-electron chi connectivity index (χ1n) is 6.93. The highest BCUT2D eigenvalue weighted by atomic mass is 19.2. The van der Waals surface area contributed by atoms with Crippen LogP contribution in [0.5, 0.6) is 5.75 Å². The highest BCUT2D eigenvalue weighted by molar-refractivity contribution is 5.83. The summed E-state index contributed by atoms with van der Waals surface area (Å²) in [4.78, 5) is 21.6. The fourth-order valence-electron chi connectivity index (χ4n) is 1.81. The fraction of sp³-hybridized carbons (Fsp3) is 0.0667. The lowest BCUT2D eigenvalue weighted by molar-refractivity contribution is -0.385. The smallest absolute Gasteiger partial charge is 0.310 e. The zero-order valence-electron chi connectivity index (χ0n) is 13.0. The van der Waals surface area contributed by atoms with Gasteiger partial charge >= 0.3 is 5.69 Å². The molecule has 0 aliphatic carbocycles. The van der Waals surface area contributed by atoms with Gasteiger partial charge in [-0.25, -0.2) is 27.4 Å². The summed E-state index contributed by atoms with van der Waals surface area (Å²) in [5.41, 5.74) is -0.0407. The molecule has 0 aliphatic heterocycles. The first-order valence-corrected chi connectivity index (χ1v) is 6.93. The Morgan fingerprint density at radius 3 is 2.22 bits per heavy atom. The molecule has 0 unspecified atom stereocenters. The van der Waals surface area contributed by atoms with Crippen LogP contribution in [-0.4, -0.2) is 23.7 Å². The van der Waals surface area contributed by atoms with Crippen molar-refractivity contribution in [2.45, 2.75) is 0 Å². The number of nitro benzene ring substituents is 1. The molecule has 1 amide bonds. The van der Waals surface area contributed by atoms with Crippen LogP contribution in [0.1, 0.15) is 5.56 Å². The molecule has 2 aromatic rings. The number of para-hydroxylation sites is 2. The van der Waals surface area contributed by atoms with Crippen LogP contribution in [0.2, 0.25) is 0 Å². The quantitative estimate of drug-likeness (QED) is 0.205. The van der Waals surface area contributed by atoms with Gasteiger partial charge in [-0.3, -0.25) is 14.9 Å². The van der Waals surface area contributed by atoms with E-state index >= 15 is 0 Å². The van der Waals surface area contributed by atoms with E-state index in [1.165, 1.54) is 18.2 Å². The van der Waals surface area contributed by atoms with E-state index in [1.54, 1.807) is 5.43 Å². The maximum atomic E-state index is 13.4. The van der Waals surface area contributed by atoms with E-state index in [9.17, 15) is 36.9 Å². The molecular weight excluding hydrogens is 381 g/mol. The van der Waals surface area contributed by atoms with Crippen LogP contribution in [0.3, 0.4) is 0 Å². The molecule has 0 aliphatic rings. The molecule has 0 bridgehead atoms. The number of hydrogen-bond acceptors (Lipinski definition) is 5. The Labute approximate surface area is 147 Å². The van der Waals surface area contributed by atoms with Crippen molar-refractivity contribution in [3.8, 4) is 5.75 Å². The summed E-state index contributed by atoms with van der Waals surface area (Å²) >= 11 is 0. The van der Waals surface area contributed by atoms with Gasteiger partial charge in [-0.15, -0.1) is 0 Å². The number of nitrogens with one attached hydrogen (secondary N) is 1. The van der Waals surface area contributed by atoms with E-state index < -0.39 is 57.8 Å². The number of hydrazone groups is 1. The highest BCUT2D eigenvalue weighted by Gasteiger charge is 2.24. The SMILES string of the molecule is O=C(COc1ccccc1[N+](=O)[O-])N/N=C/c1c(F)c(F)c(F)c(F)c1F. The normalized spacial score (nSPS) is 10.9. The van der Waals surface area contributed by atoms with Gasteiger partial charge in [0.15, 0.2) is 35.6 Å². The molecule has 7 nitrogen and oxygen atoms in total. The Morgan fingerprint density at radius 1 is 1.07 bits per heavy atom. The van der Waals surface area contributed by atoms with Crippen molar-refractivity contribution in [2.24, 2.45) is 5.10 Å². The van der Waals surface area contributed by atoms with Crippen LogP contribution in [0, 0.1) is 39.2 Å². The van der Waals surface area contributed by atoms with E-state index in [1.807, 2.05) is 0 Å². The van der Waals surface area contributed by atoms with Gasteiger partial charge in [-0.1, -0.05) is 12.1 Å². The molecule has 27 heavy (non-hydrogen) atoms. The molecule has 0 aromatic heterocycles. The topological polar surface area (TPSA) is 93.8 Å². The van der Waals surface area contributed by atoms with Crippen molar-refractivity contribution in [2.75, 3.05) is 6.61 Å². The number of carbonyl (C=O) groups excluding carboxylic acids is 1. The highest BCUT2D eigenvalue weighted by Crippen LogP contribution is 2.25. The van der Waals surface area contributed by atoms with Gasteiger partial charge in [0.2, 0.25) is 5.82 Å². The minimum absolute atomic E-state index is 0.221. The van der Waals surface area contributed by atoms with Gasteiger partial charge in [0.05, 0.1) is 16.7 Å². The summed E-state index contributed by atoms with van der Waals surface area (Å²) in [7, 11) is 0. The van der Waals surface area contributed by atoms with E-state index in [2.05, 4.69) is 5.10 Å². The molecule has 0 spiro atoms. The standard InChI is InChI=1S/C15H8F5N3O4/c16-11-7(12(17)14(19)15(20)13(11)18)5-21-22-10(24)6-27-9-4-2-1-3-8(9)23(25)26/h1-5H,6H2,(H,22,24)/b21-5+. The second-order valence-corrected chi connectivity index (χ2v) is 4.79. The van der Waals surface area contributed by atoms with Crippen LogP contribution >= 0.6 is 0 Å². The van der Waals surface area contributed by atoms with Gasteiger partial charge in [0.1, 0.15) is 0 Å². The number of ether oxygens (including phenoxy) is 1. The van der Waals surface area contributed by atoms with Crippen molar-refractivity contribution in [3.05, 3.63) is 69.0 Å². The van der Waals surface area contributed by atoms with Crippen molar-refractivity contribution in [1.29, 1.82) is 0 Å². The largest absolute Gasteiger partial charge is 0.477 e. The van der Waals surface area contributed by atoms with Crippen molar-refractivity contribution in [3.63, 3.8) is 0 Å². The third kappa shape index (κ3) is 4.34. The minimum atomic E-state index is -2.33. The molecule has 12 heteroatoms. The van der Waals surface area contributed by atoms with E-state index in [0.29, 0.717) is 0 Å². The molecule has 2 rings (SSSR count). The van der Waals surface area contributed by atoms with E-state index in [0.717, 1.165) is 6.07 Å². The Kier molecular flexibility index (Phi) is 6.00. The molecule has 1 N–H and O–H groups in total. The van der Waals surface area contributed by atoms with Crippen molar-refractivity contribution >= 4 is 17.8 Å². The summed E-state index contributed by atoms with van der Waals surface area (Å²) in [6.45, 7) is -0.765. The van der Waals surface area contributed by atoms with Crippen LogP contribution in [-0.2, 0) is 4.79 Å². The van der Waals surface area contributed by atoms with E-state index in [-0.39, 0.29) is 12.0 Å². The van der Waals surface area contributed by atoms with Gasteiger partial charge in [0.25, 0.3) is 5.91 Å². The van der Waals surface area contributed by atoms with Crippen LogP contribution in [0.15, 0.2) is 29.4 Å². The average Bonchev–Trinajstić information content (AvgIpc) is 2.66. The lowest BCUT2D eigenvalue weighted by Crippen LogP contribution is -2.25.